The molecule has 0 aliphatic heterocycles. The summed E-state index contributed by atoms with van der Waals surface area (Å²) in [7, 11) is 1.61. The van der Waals surface area contributed by atoms with E-state index in [1.54, 1.807) is 7.11 Å². The standard InChI is InChI=1S/C10H20N2O3/c1-14-6-7-15-8-10(13)12(5-4-11)9-2-3-9/h9H,2-8,11H2,1H3. The van der Waals surface area contributed by atoms with E-state index in [4.69, 9.17) is 15.2 Å². The fraction of sp³-hybridized carbons (Fsp3) is 0.900. The smallest absolute Gasteiger partial charge is 0.248 e. The molecule has 1 rings (SSSR count). The molecule has 1 fully saturated rings. The molecule has 0 radical (unpaired) electrons. The Balaban J connectivity index is 2.17. The summed E-state index contributed by atoms with van der Waals surface area (Å²) in [5.74, 6) is 0.0408. The minimum Gasteiger partial charge on any atom is -0.382 e. The first-order valence-electron chi connectivity index (χ1n) is 5.35. The van der Waals surface area contributed by atoms with Crippen molar-refractivity contribution in [1.82, 2.24) is 4.90 Å². The first kappa shape index (κ1) is 12.4. The van der Waals surface area contributed by atoms with E-state index < -0.39 is 0 Å². The number of hydrogen-bond donors (Lipinski definition) is 1. The summed E-state index contributed by atoms with van der Waals surface area (Å²) < 4.78 is 10.0. The van der Waals surface area contributed by atoms with Crippen LogP contribution >= 0.6 is 0 Å². The van der Waals surface area contributed by atoms with Crippen LogP contribution in [0.4, 0.5) is 0 Å². The van der Waals surface area contributed by atoms with Gasteiger partial charge in [-0.1, -0.05) is 0 Å². The van der Waals surface area contributed by atoms with Crippen LogP contribution in [-0.4, -0.2) is 56.9 Å². The maximum Gasteiger partial charge on any atom is 0.248 e. The van der Waals surface area contributed by atoms with Crippen LogP contribution in [0.2, 0.25) is 0 Å². The van der Waals surface area contributed by atoms with Crippen LogP contribution in [0.15, 0.2) is 0 Å². The van der Waals surface area contributed by atoms with Gasteiger partial charge in [0.2, 0.25) is 5.91 Å². The van der Waals surface area contributed by atoms with E-state index in [-0.39, 0.29) is 12.5 Å². The van der Waals surface area contributed by atoms with Crippen LogP contribution in [-0.2, 0) is 14.3 Å². The molecule has 1 amide bonds. The number of nitrogens with two attached hydrogens (primary N) is 1. The lowest BCUT2D eigenvalue weighted by atomic mass is 10.4. The minimum atomic E-state index is 0.0408. The number of carbonyl (C=O) groups excluding carboxylic acids is 1. The normalized spacial score (nSPS) is 15.3. The van der Waals surface area contributed by atoms with Crippen molar-refractivity contribution in [3.63, 3.8) is 0 Å². The van der Waals surface area contributed by atoms with E-state index in [0.717, 1.165) is 12.8 Å². The molecule has 0 atom stereocenters. The lowest BCUT2D eigenvalue weighted by Gasteiger charge is -2.21. The van der Waals surface area contributed by atoms with Crippen molar-refractivity contribution in [1.29, 1.82) is 0 Å². The summed E-state index contributed by atoms with van der Waals surface area (Å²) >= 11 is 0. The van der Waals surface area contributed by atoms with Gasteiger partial charge in [-0.05, 0) is 12.8 Å². The summed E-state index contributed by atoms with van der Waals surface area (Å²) in [5, 5.41) is 0. The summed E-state index contributed by atoms with van der Waals surface area (Å²) in [6.07, 6.45) is 2.20. The molecule has 1 aliphatic rings. The molecule has 5 heteroatoms. The SMILES string of the molecule is COCCOCC(=O)N(CCN)C1CC1. The fourth-order valence-corrected chi connectivity index (χ4v) is 1.42. The number of hydrogen-bond acceptors (Lipinski definition) is 4. The molecule has 1 saturated carbocycles. The monoisotopic (exact) mass is 216 g/mol. The predicted octanol–water partition coefficient (Wildman–Crippen LogP) is -0.401. The van der Waals surface area contributed by atoms with Gasteiger partial charge in [0.05, 0.1) is 13.2 Å². The number of methoxy groups -OCH3 is 1. The molecule has 88 valence electrons. The van der Waals surface area contributed by atoms with Gasteiger partial charge in [0.25, 0.3) is 0 Å². The summed E-state index contributed by atoms with van der Waals surface area (Å²) in [6.45, 7) is 2.27. The van der Waals surface area contributed by atoms with Crippen molar-refractivity contribution in [3.8, 4) is 0 Å². The number of rotatable bonds is 8. The van der Waals surface area contributed by atoms with Gasteiger partial charge in [0, 0.05) is 26.2 Å². The van der Waals surface area contributed by atoms with Crippen LogP contribution in [0.1, 0.15) is 12.8 Å². The number of amides is 1. The third-order valence-electron chi connectivity index (χ3n) is 2.34. The van der Waals surface area contributed by atoms with Crippen LogP contribution < -0.4 is 5.73 Å². The molecule has 1 aliphatic carbocycles. The van der Waals surface area contributed by atoms with Crippen LogP contribution in [0, 0.1) is 0 Å². The topological polar surface area (TPSA) is 64.8 Å². The van der Waals surface area contributed by atoms with E-state index in [0.29, 0.717) is 32.3 Å². The van der Waals surface area contributed by atoms with Gasteiger partial charge in [-0.2, -0.15) is 0 Å². The molecule has 0 heterocycles. The quantitative estimate of drug-likeness (QED) is 0.561. The molecule has 2 N–H and O–H groups in total. The molecule has 0 bridgehead atoms. The van der Waals surface area contributed by atoms with Crippen LogP contribution in [0.3, 0.4) is 0 Å². The largest absolute Gasteiger partial charge is 0.382 e. The molecular weight excluding hydrogens is 196 g/mol. The van der Waals surface area contributed by atoms with Gasteiger partial charge in [0.1, 0.15) is 6.61 Å². The lowest BCUT2D eigenvalue weighted by Crippen LogP contribution is -2.39. The maximum absolute atomic E-state index is 11.7. The highest BCUT2D eigenvalue weighted by Crippen LogP contribution is 2.26. The zero-order valence-electron chi connectivity index (χ0n) is 9.28. The number of nitrogens with zero attached hydrogens (tertiary/aromatic N) is 1. The van der Waals surface area contributed by atoms with Gasteiger partial charge >= 0.3 is 0 Å². The van der Waals surface area contributed by atoms with E-state index in [9.17, 15) is 4.79 Å². The summed E-state index contributed by atoms with van der Waals surface area (Å²) in [4.78, 5) is 13.5. The molecule has 0 saturated heterocycles. The van der Waals surface area contributed by atoms with Crippen molar-refractivity contribution in [2.45, 2.75) is 18.9 Å². The maximum atomic E-state index is 11.7. The molecule has 0 aromatic rings. The summed E-state index contributed by atoms with van der Waals surface area (Å²) in [5.41, 5.74) is 5.45. The van der Waals surface area contributed by atoms with E-state index in [1.807, 2.05) is 4.90 Å². The zero-order valence-corrected chi connectivity index (χ0v) is 9.28. The second-order valence-electron chi connectivity index (χ2n) is 3.65. The second kappa shape index (κ2) is 6.76. The van der Waals surface area contributed by atoms with Crippen molar-refractivity contribution in [2.75, 3.05) is 40.0 Å². The van der Waals surface area contributed by atoms with Gasteiger partial charge in [-0.15, -0.1) is 0 Å². The number of carbonyl (C=O) groups is 1. The third-order valence-corrected chi connectivity index (χ3v) is 2.34. The highest BCUT2D eigenvalue weighted by molar-refractivity contribution is 5.78. The van der Waals surface area contributed by atoms with Crippen molar-refractivity contribution < 1.29 is 14.3 Å². The van der Waals surface area contributed by atoms with Gasteiger partial charge < -0.3 is 20.1 Å². The first-order valence-corrected chi connectivity index (χ1v) is 5.35. The zero-order chi connectivity index (χ0) is 11.1. The Hall–Kier alpha value is -0.650. The Morgan fingerprint density at radius 3 is 2.73 bits per heavy atom. The summed E-state index contributed by atoms with van der Waals surface area (Å²) in [6, 6.07) is 0.409. The fourth-order valence-electron chi connectivity index (χ4n) is 1.42. The molecule has 0 aromatic heterocycles. The van der Waals surface area contributed by atoms with Crippen molar-refractivity contribution in [3.05, 3.63) is 0 Å². The minimum absolute atomic E-state index is 0.0408. The van der Waals surface area contributed by atoms with Crippen molar-refractivity contribution >= 4 is 5.91 Å². The average Bonchev–Trinajstić information content (AvgIpc) is 3.04. The Morgan fingerprint density at radius 2 is 2.20 bits per heavy atom. The van der Waals surface area contributed by atoms with Crippen LogP contribution in [0.25, 0.3) is 0 Å². The number of ether oxygens (including phenoxy) is 2. The second-order valence-corrected chi connectivity index (χ2v) is 3.65. The van der Waals surface area contributed by atoms with E-state index >= 15 is 0 Å². The van der Waals surface area contributed by atoms with Gasteiger partial charge in [-0.3, -0.25) is 4.79 Å². The van der Waals surface area contributed by atoms with E-state index in [2.05, 4.69) is 0 Å². The first-order chi connectivity index (χ1) is 7.29. The van der Waals surface area contributed by atoms with Gasteiger partial charge in [0.15, 0.2) is 0 Å². The van der Waals surface area contributed by atoms with Gasteiger partial charge in [-0.25, -0.2) is 0 Å². The Morgan fingerprint density at radius 1 is 1.47 bits per heavy atom. The Kier molecular flexibility index (Phi) is 5.60. The Labute approximate surface area is 90.5 Å². The molecule has 0 aromatic carbocycles. The predicted molar refractivity (Wildman–Crippen MR) is 56.5 cm³/mol. The third kappa shape index (κ3) is 4.59. The molecular formula is C10H20N2O3. The molecule has 15 heavy (non-hydrogen) atoms. The lowest BCUT2D eigenvalue weighted by molar-refractivity contribution is -0.137. The average molecular weight is 216 g/mol. The highest BCUT2D eigenvalue weighted by Gasteiger charge is 2.31. The van der Waals surface area contributed by atoms with E-state index in [1.165, 1.54) is 0 Å². The van der Waals surface area contributed by atoms with Crippen LogP contribution in [0.5, 0.6) is 0 Å². The molecule has 5 nitrogen and oxygen atoms in total. The van der Waals surface area contributed by atoms with Crippen molar-refractivity contribution in [2.24, 2.45) is 5.73 Å². The molecule has 0 spiro atoms. The molecule has 0 unspecified atom stereocenters. The highest BCUT2D eigenvalue weighted by atomic mass is 16.5. The Bertz CT molecular complexity index is 195.